The number of tetrazole rings is 1. The number of carbonyl (C=O) groups is 1. The second-order valence-electron chi connectivity index (χ2n) is 4.34. The molecule has 0 radical (unpaired) electrons. The first-order valence-corrected chi connectivity index (χ1v) is 6.29. The number of aromatic nitrogens is 4. The molecular formula is C13H16N4O3. The Morgan fingerprint density at radius 1 is 1.50 bits per heavy atom. The van der Waals surface area contributed by atoms with Crippen molar-refractivity contribution in [3.05, 3.63) is 24.3 Å². The van der Waals surface area contributed by atoms with Gasteiger partial charge in [-0.3, -0.25) is 4.79 Å². The fourth-order valence-electron chi connectivity index (χ4n) is 2.00. The van der Waals surface area contributed by atoms with Crippen LogP contribution in [0.2, 0.25) is 0 Å². The molecule has 0 saturated carbocycles. The molecule has 1 unspecified atom stereocenters. The minimum Gasteiger partial charge on any atom is -0.497 e. The fourth-order valence-corrected chi connectivity index (χ4v) is 2.00. The Hall–Kier alpha value is -2.44. The average Bonchev–Trinajstić information content (AvgIpc) is 2.93. The summed E-state index contributed by atoms with van der Waals surface area (Å²) in [5, 5.41) is 20.5. The van der Waals surface area contributed by atoms with Crippen LogP contribution in [0, 0.1) is 0 Å². The van der Waals surface area contributed by atoms with Crippen molar-refractivity contribution in [2.75, 3.05) is 7.11 Å². The maximum Gasteiger partial charge on any atom is 0.305 e. The van der Waals surface area contributed by atoms with Gasteiger partial charge in [-0.05, 0) is 29.0 Å². The Kier molecular flexibility index (Phi) is 4.29. The van der Waals surface area contributed by atoms with Gasteiger partial charge >= 0.3 is 5.97 Å². The van der Waals surface area contributed by atoms with E-state index >= 15 is 0 Å². The van der Waals surface area contributed by atoms with Gasteiger partial charge in [-0.1, -0.05) is 19.1 Å². The highest BCUT2D eigenvalue weighted by Crippen LogP contribution is 2.25. The summed E-state index contributed by atoms with van der Waals surface area (Å²) in [7, 11) is 1.58. The van der Waals surface area contributed by atoms with Crippen molar-refractivity contribution < 1.29 is 14.6 Å². The van der Waals surface area contributed by atoms with E-state index in [-0.39, 0.29) is 12.5 Å². The van der Waals surface area contributed by atoms with E-state index in [0.29, 0.717) is 18.0 Å². The van der Waals surface area contributed by atoms with E-state index in [1.54, 1.807) is 11.8 Å². The molecule has 0 saturated heterocycles. The minimum atomic E-state index is -0.871. The van der Waals surface area contributed by atoms with Crippen molar-refractivity contribution in [2.24, 2.45) is 0 Å². The summed E-state index contributed by atoms with van der Waals surface area (Å²) < 4.78 is 6.73. The molecule has 0 aliphatic rings. The lowest BCUT2D eigenvalue weighted by Crippen LogP contribution is -2.15. The van der Waals surface area contributed by atoms with E-state index in [0.717, 1.165) is 5.56 Å². The van der Waals surface area contributed by atoms with Crippen molar-refractivity contribution in [1.29, 1.82) is 0 Å². The normalized spacial score (nSPS) is 12.1. The van der Waals surface area contributed by atoms with Crippen LogP contribution in [0.4, 0.5) is 0 Å². The van der Waals surface area contributed by atoms with Gasteiger partial charge in [0.05, 0.1) is 19.6 Å². The van der Waals surface area contributed by atoms with Gasteiger partial charge in [0.25, 0.3) is 0 Å². The maximum atomic E-state index is 10.9. The number of nitrogens with zero attached hydrogens (tertiary/aromatic N) is 4. The third-order valence-electron chi connectivity index (χ3n) is 3.05. The van der Waals surface area contributed by atoms with Crippen LogP contribution in [0.3, 0.4) is 0 Å². The van der Waals surface area contributed by atoms with Crippen molar-refractivity contribution in [3.8, 4) is 17.1 Å². The quantitative estimate of drug-likeness (QED) is 0.864. The van der Waals surface area contributed by atoms with Gasteiger partial charge in [-0.25, -0.2) is 4.68 Å². The smallest absolute Gasteiger partial charge is 0.305 e. The lowest BCUT2D eigenvalue weighted by Gasteiger charge is -2.14. The number of carboxylic acids is 1. The predicted octanol–water partition coefficient (Wildman–Crippen LogP) is 1.77. The van der Waals surface area contributed by atoms with E-state index in [1.807, 2.05) is 31.2 Å². The molecule has 0 spiro atoms. The lowest BCUT2D eigenvalue weighted by molar-refractivity contribution is -0.138. The standard InChI is InChI=1S/C13H16N4O3/c1-3-10(8-12(18)19)17-13(14-15-16-17)9-5-4-6-11(7-9)20-2/h4-7,10H,3,8H2,1-2H3,(H,18,19). The molecule has 0 bridgehead atoms. The molecular weight excluding hydrogens is 260 g/mol. The molecule has 0 amide bonds. The largest absolute Gasteiger partial charge is 0.497 e. The SMILES string of the molecule is CCC(CC(=O)O)n1nnnc1-c1cccc(OC)c1. The highest BCUT2D eigenvalue weighted by Gasteiger charge is 2.19. The molecule has 7 heteroatoms. The molecule has 20 heavy (non-hydrogen) atoms. The van der Waals surface area contributed by atoms with Crippen LogP contribution in [0.1, 0.15) is 25.8 Å². The second kappa shape index (κ2) is 6.14. The molecule has 0 aliphatic heterocycles. The van der Waals surface area contributed by atoms with Crippen LogP contribution in [-0.2, 0) is 4.79 Å². The Bertz CT molecular complexity index is 597. The molecule has 1 heterocycles. The van der Waals surface area contributed by atoms with Gasteiger partial charge in [0.2, 0.25) is 0 Å². The summed E-state index contributed by atoms with van der Waals surface area (Å²) in [5.41, 5.74) is 0.790. The van der Waals surface area contributed by atoms with Crippen molar-refractivity contribution in [2.45, 2.75) is 25.8 Å². The van der Waals surface area contributed by atoms with Crippen molar-refractivity contribution in [1.82, 2.24) is 20.2 Å². The highest BCUT2D eigenvalue weighted by atomic mass is 16.5. The number of methoxy groups -OCH3 is 1. The molecule has 2 aromatic rings. The summed E-state index contributed by atoms with van der Waals surface area (Å²) in [6.07, 6.45) is 0.618. The number of carboxylic acid groups (broad SMARTS) is 1. The topological polar surface area (TPSA) is 90.1 Å². The van der Waals surface area contributed by atoms with Crippen LogP contribution < -0.4 is 4.74 Å². The maximum absolute atomic E-state index is 10.9. The Balaban J connectivity index is 2.38. The number of rotatable bonds is 6. The number of ether oxygens (including phenoxy) is 1. The minimum absolute atomic E-state index is 0.0154. The molecule has 0 fully saturated rings. The van der Waals surface area contributed by atoms with Crippen LogP contribution in [-0.4, -0.2) is 38.4 Å². The number of aliphatic carboxylic acids is 1. The van der Waals surface area contributed by atoms with Crippen LogP contribution in [0.25, 0.3) is 11.4 Å². The Morgan fingerprint density at radius 3 is 2.95 bits per heavy atom. The number of benzene rings is 1. The van der Waals surface area contributed by atoms with Crippen LogP contribution in [0.15, 0.2) is 24.3 Å². The molecule has 2 rings (SSSR count). The Morgan fingerprint density at radius 2 is 2.30 bits per heavy atom. The third kappa shape index (κ3) is 2.93. The zero-order valence-corrected chi connectivity index (χ0v) is 11.4. The second-order valence-corrected chi connectivity index (χ2v) is 4.34. The zero-order valence-electron chi connectivity index (χ0n) is 11.4. The van der Waals surface area contributed by atoms with E-state index in [2.05, 4.69) is 15.5 Å². The van der Waals surface area contributed by atoms with Crippen molar-refractivity contribution >= 4 is 5.97 Å². The lowest BCUT2D eigenvalue weighted by atomic mass is 10.1. The molecule has 1 N–H and O–H groups in total. The van der Waals surface area contributed by atoms with Gasteiger partial charge in [0.1, 0.15) is 5.75 Å². The average molecular weight is 276 g/mol. The monoisotopic (exact) mass is 276 g/mol. The number of hydrogen-bond donors (Lipinski definition) is 1. The van der Waals surface area contributed by atoms with E-state index < -0.39 is 5.97 Å². The Labute approximate surface area is 116 Å². The van der Waals surface area contributed by atoms with Gasteiger partial charge in [0, 0.05) is 5.56 Å². The van der Waals surface area contributed by atoms with Crippen molar-refractivity contribution in [3.63, 3.8) is 0 Å². The molecule has 0 aliphatic carbocycles. The molecule has 7 nitrogen and oxygen atoms in total. The first-order valence-electron chi connectivity index (χ1n) is 6.29. The molecule has 1 aromatic heterocycles. The van der Waals surface area contributed by atoms with E-state index in [4.69, 9.17) is 9.84 Å². The van der Waals surface area contributed by atoms with E-state index in [1.165, 1.54) is 0 Å². The van der Waals surface area contributed by atoms with Crippen LogP contribution in [0.5, 0.6) is 5.75 Å². The molecule has 1 atom stereocenters. The van der Waals surface area contributed by atoms with E-state index in [9.17, 15) is 4.79 Å². The van der Waals surface area contributed by atoms with Gasteiger partial charge in [-0.15, -0.1) is 5.10 Å². The summed E-state index contributed by atoms with van der Waals surface area (Å²) in [5.74, 6) is 0.365. The first-order chi connectivity index (χ1) is 9.65. The summed E-state index contributed by atoms with van der Waals surface area (Å²) in [4.78, 5) is 10.9. The third-order valence-corrected chi connectivity index (χ3v) is 3.05. The van der Waals surface area contributed by atoms with Gasteiger partial charge in [-0.2, -0.15) is 0 Å². The van der Waals surface area contributed by atoms with Crippen LogP contribution >= 0.6 is 0 Å². The molecule has 106 valence electrons. The fraction of sp³-hybridized carbons (Fsp3) is 0.385. The first kappa shape index (κ1) is 14.0. The van der Waals surface area contributed by atoms with Gasteiger partial charge in [0.15, 0.2) is 5.82 Å². The molecule has 1 aromatic carbocycles. The summed E-state index contributed by atoms with van der Waals surface area (Å²) >= 11 is 0. The summed E-state index contributed by atoms with van der Waals surface area (Å²) in [6.45, 7) is 1.91. The summed E-state index contributed by atoms with van der Waals surface area (Å²) in [6, 6.07) is 7.06. The number of hydrogen-bond acceptors (Lipinski definition) is 5. The van der Waals surface area contributed by atoms with Gasteiger partial charge < -0.3 is 9.84 Å². The highest BCUT2D eigenvalue weighted by molar-refractivity contribution is 5.67. The zero-order chi connectivity index (χ0) is 14.5. The predicted molar refractivity (Wildman–Crippen MR) is 71.4 cm³/mol.